The Bertz CT molecular complexity index is 757. The zero-order valence-corrected chi connectivity index (χ0v) is 18.5. The van der Waals surface area contributed by atoms with Gasteiger partial charge in [0.2, 0.25) is 0 Å². The molecule has 29 heavy (non-hydrogen) atoms. The van der Waals surface area contributed by atoms with Crippen LogP contribution in [0.15, 0.2) is 54.6 Å². The molecular weight excluding hydrogens is 403 g/mol. The number of nitrogens with zero attached hydrogens (tertiary/aromatic N) is 1. The molecule has 1 aliphatic carbocycles. The van der Waals surface area contributed by atoms with E-state index in [0.717, 1.165) is 51.9 Å². The van der Waals surface area contributed by atoms with Crippen molar-refractivity contribution in [2.45, 2.75) is 31.7 Å². The monoisotopic (exact) mass is 434 g/mol. The minimum Gasteiger partial charge on any atom is -0.396 e. The molecule has 2 N–H and O–H groups in total. The van der Waals surface area contributed by atoms with Crippen molar-refractivity contribution in [2.75, 3.05) is 32.8 Å². The van der Waals surface area contributed by atoms with Crippen molar-refractivity contribution in [3.63, 3.8) is 0 Å². The standard InChI is InChI=1S/C24H30N2O.2ClH/c27-17-13-21-18-26(16-14-25-21)15-5-10-24-22-8-3-1-6-19(22)11-12-20-7-2-4-9-23(20)24;;/h1-4,6-10,21,25,27H,5,11-18H2;2*1H. The number of nitrogens with one attached hydrogen (secondary N) is 1. The first-order valence-electron chi connectivity index (χ1n) is 10.3. The molecule has 0 aromatic heterocycles. The number of rotatable bonds is 5. The van der Waals surface area contributed by atoms with E-state index in [1.54, 1.807) is 0 Å². The summed E-state index contributed by atoms with van der Waals surface area (Å²) < 4.78 is 0. The van der Waals surface area contributed by atoms with Crippen molar-refractivity contribution in [3.8, 4) is 0 Å². The van der Waals surface area contributed by atoms with Gasteiger partial charge in [0, 0.05) is 38.8 Å². The Morgan fingerprint density at radius 3 is 2.21 bits per heavy atom. The number of aryl methyl sites for hydroxylation is 2. The maximum atomic E-state index is 9.20. The first-order chi connectivity index (χ1) is 13.3. The number of halogens is 2. The van der Waals surface area contributed by atoms with E-state index in [9.17, 15) is 5.11 Å². The lowest BCUT2D eigenvalue weighted by molar-refractivity contribution is 0.175. The van der Waals surface area contributed by atoms with E-state index >= 15 is 0 Å². The topological polar surface area (TPSA) is 35.5 Å². The fraction of sp³-hybridized carbons (Fsp3) is 0.417. The van der Waals surface area contributed by atoms with Gasteiger partial charge in [-0.3, -0.25) is 0 Å². The molecule has 158 valence electrons. The fourth-order valence-electron chi connectivity index (χ4n) is 4.47. The van der Waals surface area contributed by atoms with Crippen LogP contribution in [0, 0.1) is 0 Å². The molecule has 3 nitrogen and oxygen atoms in total. The van der Waals surface area contributed by atoms with Crippen LogP contribution in [0.5, 0.6) is 0 Å². The van der Waals surface area contributed by atoms with Gasteiger partial charge in [0.05, 0.1) is 0 Å². The molecule has 0 saturated carbocycles. The summed E-state index contributed by atoms with van der Waals surface area (Å²) in [5, 5.41) is 12.7. The molecule has 5 heteroatoms. The Labute approximate surface area is 187 Å². The summed E-state index contributed by atoms with van der Waals surface area (Å²) in [7, 11) is 0. The molecule has 2 aromatic carbocycles. The summed E-state index contributed by atoms with van der Waals surface area (Å²) in [5.74, 6) is 0. The molecule has 1 saturated heterocycles. The summed E-state index contributed by atoms with van der Waals surface area (Å²) in [6.45, 7) is 4.50. The van der Waals surface area contributed by atoms with Crippen molar-refractivity contribution in [1.82, 2.24) is 10.2 Å². The molecule has 1 aliphatic heterocycles. The van der Waals surface area contributed by atoms with Crippen molar-refractivity contribution < 1.29 is 5.11 Å². The van der Waals surface area contributed by atoms with Gasteiger partial charge in [0.15, 0.2) is 0 Å². The van der Waals surface area contributed by atoms with Gasteiger partial charge in [-0.05, 0) is 53.5 Å². The summed E-state index contributed by atoms with van der Waals surface area (Å²) in [6, 6.07) is 18.2. The number of hydrogen-bond donors (Lipinski definition) is 2. The molecule has 0 radical (unpaired) electrons. The van der Waals surface area contributed by atoms with Crippen molar-refractivity contribution in [3.05, 3.63) is 76.9 Å². The van der Waals surface area contributed by atoms with Crippen LogP contribution < -0.4 is 5.32 Å². The Morgan fingerprint density at radius 1 is 0.966 bits per heavy atom. The van der Waals surface area contributed by atoms with E-state index in [0.29, 0.717) is 6.04 Å². The molecule has 0 bridgehead atoms. The van der Waals surface area contributed by atoms with E-state index in [4.69, 9.17) is 0 Å². The molecule has 1 unspecified atom stereocenters. The van der Waals surface area contributed by atoms with E-state index in [-0.39, 0.29) is 31.4 Å². The minimum atomic E-state index is 0. The largest absolute Gasteiger partial charge is 0.396 e. The Kier molecular flexibility index (Phi) is 9.67. The predicted molar refractivity (Wildman–Crippen MR) is 126 cm³/mol. The highest BCUT2D eigenvalue weighted by atomic mass is 35.5. The average Bonchev–Trinajstić information content (AvgIpc) is 2.86. The number of aliphatic hydroxyl groups is 1. The first kappa shape index (κ1) is 23.9. The molecule has 1 heterocycles. The summed E-state index contributed by atoms with van der Waals surface area (Å²) >= 11 is 0. The van der Waals surface area contributed by atoms with Crippen molar-refractivity contribution >= 4 is 30.4 Å². The van der Waals surface area contributed by atoms with Gasteiger partial charge in [0.25, 0.3) is 0 Å². The van der Waals surface area contributed by atoms with Gasteiger partial charge in [-0.25, -0.2) is 0 Å². The highest BCUT2D eigenvalue weighted by Gasteiger charge is 2.19. The van der Waals surface area contributed by atoms with Crippen molar-refractivity contribution in [1.29, 1.82) is 0 Å². The smallest absolute Gasteiger partial charge is 0.0446 e. The quantitative estimate of drug-likeness (QED) is 0.742. The van der Waals surface area contributed by atoms with Gasteiger partial charge in [-0.2, -0.15) is 0 Å². The summed E-state index contributed by atoms with van der Waals surface area (Å²) in [6.07, 6.45) is 6.59. The third-order valence-corrected chi connectivity index (χ3v) is 5.89. The van der Waals surface area contributed by atoms with Gasteiger partial charge in [-0.1, -0.05) is 54.6 Å². The number of fused-ring (bicyclic) bond motifs is 2. The van der Waals surface area contributed by atoms with Crippen molar-refractivity contribution in [2.24, 2.45) is 0 Å². The third-order valence-electron chi connectivity index (χ3n) is 5.89. The number of piperazine rings is 1. The lowest BCUT2D eigenvalue weighted by Gasteiger charge is -2.33. The van der Waals surface area contributed by atoms with Crippen LogP contribution in [0.4, 0.5) is 0 Å². The Morgan fingerprint density at radius 2 is 1.59 bits per heavy atom. The van der Waals surface area contributed by atoms with Crippen LogP contribution in [-0.2, 0) is 12.8 Å². The first-order valence-corrected chi connectivity index (χ1v) is 10.3. The normalized spacial score (nSPS) is 18.5. The summed E-state index contributed by atoms with van der Waals surface area (Å²) in [5.41, 5.74) is 7.14. The Balaban J connectivity index is 0.00000150. The molecule has 0 amide bonds. The highest BCUT2D eigenvalue weighted by Crippen LogP contribution is 2.33. The molecule has 0 spiro atoms. The van der Waals surface area contributed by atoms with Gasteiger partial charge in [-0.15, -0.1) is 24.8 Å². The lowest BCUT2D eigenvalue weighted by atomic mass is 9.93. The zero-order valence-electron chi connectivity index (χ0n) is 16.8. The van der Waals surface area contributed by atoms with E-state index in [1.165, 1.54) is 27.8 Å². The number of aliphatic hydroxyl groups excluding tert-OH is 1. The molecule has 2 aliphatic rings. The zero-order chi connectivity index (χ0) is 18.5. The molecule has 4 rings (SSSR count). The van der Waals surface area contributed by atoms with E-state index in [1.807, 2.05) is 0 Å². The maximum Gasteiger partial charge on any atom is 0.0446 e. The summed E-state index contributed by atoms with van der Waals surface area (Å²) in [4.78, 5) is 2.53. The van der Waals surface area contributed by atoms with Gasteiger partial charge in [0.1, 0.15) is 0 Å². The second kappa shape index (κ2) is 11.7. The number of hydrogen-bond acceptors (Lipinski definition) is 3. The van der Waals surface area contributed by atoms with Crippen LogP contribution in [0.1, 0.15) is 35.1 Å². The van der Waals surface area contributed by atoms with Gasteiger partial charge >= 0.3 is 0 Å². The van der Waals surface area contributed by atoms with Crippen LogP contribution in [0.2, 0.25) is 0 Å². The van der Waals surface area contributed by atoms with E-state index < -0.39 is 0 Å². The highest BCUT2D eigenvalue weighted by molar-refractivity contribution is 5.86. The average molecular weight is 435 g/mol. The van der Waals surface area contributed by atoms with Gasteiger partial charge < -0.3 is 15.3 Å². The lowest BCUT2D eigenvalue weighted by Crippen LogP contribution is -2.51. The Hall–Kier alpha value is -1.36. The molecule has 2 aromatic rings. The fourth-order valence-corrected chi connectivity index (χ4v) is 4.47. The molecular formula is C24H32Cl2N2O. The second-order valence-corrected chi connectivity index (χ2v) is 7.68. The van der Waals surface area contributed by atoms with E-state index in [2.05, 4.69) is 64.8 Å². The molecule has 1 fully saturated rings. The van der Waals surface area contributed by atoms with Crippen LogP contribution >= 0.6 is 24.8 Å². The SMILES string of the molecule is Cl.Cl.OCCC1CN(CCC=C2c3ccccc3CCc3ccccc32)CCN1. The number of benzene rings is 2. The van der Waals surface area contributed by atoms with Crippen LogP contribution in [0.25, 0.3) is 5.57 Å². The van der Waals surface area contributed by atoms with Crippen LogP contribution in [0.3, 0.4) is 0 Å². The molecule has 1 atom stereocenters. The second-order valence-electron chi connectivity index (χ2n) is 7.68. The maximum absolute atomic E-state index is 9.20. The third kappa shape index (κ3) is 5.84. The minimum absolute atomic E-state index is 0. The van der Waals surface area contributed by atoms with Crippen LogP contribution in [-0.4, -0.2) is 48.8 Å². The predicted octanol–water partition coefficient (Wildman–Crippen LogP) is 4.11.